The quantitative estimate of drug-likeness (QED) is 0.386. The number of nitriles is 1. The van der Waals surface area contributed by atoms with Crippen molar-refractivity contribution < 1.29 is 14.3 Å². The van der Waals surface area contributed by atoms with E-state index in [1.807, 2.05) is 43.3 Å². The number of aryl methyl sites for hydroxylation is 1. The molecule has 0 aliphatic rings. The number of benzene rings is 2. The van der Waals surface area contributed by atoms with E-state index in [-0.39, 0.29) is 5.57 Å². The molecule has 28 heavy (non-hydrogen) atoms. The van der Waals surface area contributed by atoms with Crippen molar-refractivity contribution in [1.29, 1.82) is 5.26 Å². The minimum Gasteiger partial charge on any atom is -0.493 e. The van der Waals surface area contributed by atoms with Gasteiger partial charge in [0.15, 0.2) is 11.5 Å². The predicted octanol–water partition coefficient (Wildman–Crippen LogP) is 4.40. The van der Waals surface area contributed by atoms with Crippen molar-refractivity contribution in [3.8, 4) is 17.6 Å². The van der Waals surface area contributed by atoms with E-state index in [9.17, 15) is 10.1 Å². The van der Waals surface area contributed by atoms with Gasteiger partial charge in [0.2, 0.25) is 0 Å². The molecular weight excluding hydrogens is 376 g/mol. The zero-order valence-corrected chi connectivity index (χ0v) is 16.8. The second-order valence-corrected chi connectivity index (χ2v) is 6.38. The molecule has 1 amide bonds. The normalized spacial score (nSPS) is 10.9. The van der Waals surface area contributed by atoms with Crippen molar-refractivity contribution in [3.63, 3.8) is 0 Å². The molecule has 0 spiro atoms. The molecule has 2 aromatic rings. The summed E-state index contributed by atoms with van der Waals surface area (Å²) in [6.45, 7) is 2.79. The van der Waals surface area contributed by atoms with E-state index in [0.29, 0.717) is 35.2 Å². The third kappa shape index (κ3) is 6.04. The van der Waals surface area contributed by atoms with Gasteiger partial charge in [0.1, 0.15) is 11.6 Å². The molecule has 0 aliphatic heterocycles. The highest BCUT2D eigenvalue weighted by molar-refractivity contribution is 6.32. The van der Waals surface area contributed by atoms with E-state index in [0.717, 1.165) is 12.8 Å². The zero-order valence-electron chi connectivity index (χ0n) is 16.0. The molecule has 2 aromatic carbocycles. The Bertz CT molecular complexity index is 873. The van der Waals surface area contributed by atoms with Gasteiger partial charge >= 0.3 is 0 Å². The predicted molar refractivity (Wildman–Crippen MR) is 111 cm³/mol. The Balaban J connectivity index is 2.05. The number of nitrogens with zero attached hydrogens (tertiary/aromatic N) is 1. The van der Waals surface area contributed by atoms with E-state index >= 15 is 0 Å². The van der Waals surface area contributed by atoms with E-state index in [1.54, 1.807) is 12.1 Å². The van der Waals surface area contributed by atoms with E-state index in [2.05, 4.69) is 5.32 Å². The molecule has 0 radical (unpaired) electrons. The van der Waals surface area contributed by atoms with Crippen molar-refractivity contribution in [3.05, 3.63) is 64.2 Å². The van der Waals surface area contributed by atoms with Crippen LogP contribution in [0.5, 0.6) is 11.5 Å². The van der Waals surface area contributed by atoms with Gasteiger partial charge in [-0.05, 0) is 43.0 Å². The Morgan fingerprint density at radius 3 is 2.64 bits per heavy atom. The number of carbonyl (C=O) groups excluding carboxylic acids is 1. The summed E-state index contributed by atoms with van der Waals surface area (Å²) in [4.78, 5) is 12.3. The number of nitrogens with one attached hydrogen (secondary N) is 1. The van der Waals surface area contributed by atoms with E-state index in [4.69, 9.17) is 21.1 Å². The molecule has 0 fully saturated rings. The van der Waals surface area contributed by atoms with Crippen molar-refractivity contribution in [2.45, 2.75) is 19.8 Å². The second kappa shape index (κ2) is 11.0. The van der Waals surface area contributed by atoms with Crippen LogP contribution in [0.2, 0.25) is 5.02 Å². The van der Waals surface area contributed by atoms with Crippen LogP contribution >= 0.6 is 11.6 Å². The molecule has 0 aromatic heterocycles. The molecule has 6 heteroatoms. The van der Waals surface area contributed by atoms with Crippen LogP contribution in [0.4, 0.5) is 0 Å². The van der Waals surface area contributed by atoms with Crippen molar-refractivity contribution in [2.75, 3.05) is 20.3 Å². The van der Waals surface area contributed by atoms with Gasteiger partial charge in [0.05, 0.1) is 18.7 Å². The minimum atomic E-state index is -0.430. The van der Waals surface area contributed by atoms with E-state index in [1.165, 1.54) is 18.7 Å². The van der Waals surface area contributed by atoms with Gasteiger partial charge in [-0.2, -0.15) is 5.26 Å². The first-order valence-electron chi connectivity index (χ1n) is 9.03. The Morgan fingerprint density at radius 2 is 2.00 bits per heavy atom. The smallest absolute Gasteiger partial charge is 0.261 e. The van der Waals surface area contributed by atoms with Crippen LogP contribution < -0.4 is 14.8 Å². The fourth-order valence-corrected chi connectivity index (χ4v) is 2.84. The van der Waals surface area contributed by atoms with Crippen LogP contribution in [0.25, 0.3) is 6.08 Å². The third-order valence-corrected chi connectivity index (χ3v) is 4.35. The Hall–Kier alpha value is -2.97. The summed E-state index contributed by atoms with van der Waals surface area (Å²) in [6.07, 6.45) is 3.10. The summed E-state index contributed by atoms with van der Waals surface area (Å²) >= 11 is 6.26. The second-order valence-electron chi connectivity index (χ2n) is 5.97. The van der Waals surface area contributed by atoms with Gasteiger partial charge in [0, 0.05) is 12.6 Å². The number of methoxy groups -OCH3 is 1. The maximum absolute atomic E-state index is 12.3. The lowest BCUT2D eigenvalue weighted by Gasteiger charge is -2.11. The molecule has 0 aliphatic carbocycles. The average Bonchev–Trinajstić information content (AvgIpc) is 2.71. The maximum Gasteiger partial charge on any atom is 0.261 e. The topological polar surface area (TPSA) is 71.3 Å². The molecule has 1 N–H and O–H groups in total. The largest absolute Gasteiger partial charge is 0.493 e. The molecule has 0 unspecified atom stereocenters. The summed E-state index contributed by atoms with van der Waals surface area (Å²) < 4.78 is 10.8. The molecular formula is C22H23ClN2O3. The van der Waals surface area contributed by atoms with Crippen LogP contribution in [0, 0.1) is 11.3 Å². The number of hydrogen-bond donors (Lipinski definition) is 1. The highest BCUT2D eigenvalue weighted by Gasteiger charge is 2.13. The summed E-state index contributed by atoms with van der Waals surface area (Å²) in [6, 6.07) is 15.2. The first-order chi connectivity index (χ1) is 13.6. The SMILES string of the molecule is CCOc1cc(/C=C(/C#N)C(=O)NCCCc2ccccc2)c(Cl)cc1OC. The first-order valence-corrected chi connectivity index (χ1v) is 9.41. The lowest BCUT2D eigenvalue weighted by atomic mass is 10.1. The number of amides is 1. The Labute approximate surface area is 170 Å². The Kier molecular flexibility index (Phi) is 8.38. The molecule has 0 saturated carbocycles. The third-order valence-electron chi connectivity index (χ3n) is 4.02. The van der Waals surface area contributed by atoms with Crippen molar-refractivity contribution in [1.82, 2.24) is 5.32 Å². The number of rotatable bonds is 9. The van der Waals surface area contributed by atoms with Crippen LogP contribution in [0.1, 0.15) is 24.5 Å². The Morgan fingerprint density at radius 1 is 1.25 bits per heavy atom. The fraction of sp³-hybridized carbons (Fsp3) is 0.273. The summed E-state index contributed by atoms with van der Waals surface area (Å²) in [5.74, 6) is 0.564. The molecule has 2 rings (SSSR count). The van der Waals surface area contributed by atoms with Crippen LogP contribution in [-0.4, -0.2) is 26.2 Å². The van der Waals surface area contributed by atoms with Gasteiger partial charge in [-0.1, -0.05) is 41.9 Å². The fourth-order valence-electron chi connectivity index (χ4n) is 2.63. The van der Waals surface area contributed by atoms with Crippen LogP contribution in [0.15, 0.2) is 48.0 Å². The van der Waals surface area contributed by atoms with Crippen LogP contribution in [0.3, 0.4) is 0 Å². The molecule has 5 nitrogen and oxygen atoms in total. The lowest BCUT2D eigenvalue weighted by molar-refractivity contribution is -0.117. The lowest BCUT2D eigenvalue weighted by Crippen LogP contribution is -2.25. The van der Waals surface area contributed by atoms with Gasteiger partial charge in [-0.3, -0.25) is 4.79 Å². The summed E-state index contributed by atoms with van der Waals surface area (Å²) in [7, 11) is 1.52. The average molecular weight is 399 g/mol. The van der Waals surface area contributed by atoms with Crippen LogP contribution in [-0.2, 0) is 11.2 Å². The van der Waals surface area contributed by atoms with Gasteiger partial charge in [-0.15, -0.1) is 0 Å². The van der Waals surface area contributed by atoms with E-state index < -0.39 is 5.91 Å². The maximum atomic E-state index is 12.3. The van der Waals surface area contributed by atoms with Gasteiger partial charge in [0.25, 0.3) is 5.91 Å². The monoisotopic (exact) mass is 398 g/mol. The van der Waals surface area contributed by atoms with Crippen molar-refractivity contribution >= 4 is 23.6 Å². The molecule has 0 bridgehead atoms. The van der Waals surface area contributed by atoms with Gasteiger partial charge in [-0.25, -0.2) is 0 Å². The number of ether oxygens (including phenoxy) is 2. The highest BCUT2D eigenvalue weighted by Crippen LogP contribution is 2.34. The molecule has 0 heterocycles. The summed E-state index contributed by atoms with van der Waals surface area (Å²) in [5, 5.41) is 12.5. The standard InChI is InChI=1S/C22H23ClN2O3/c1-3-28-21-13-17(19(23)14-20(21)27-2)12-18(15-24)22(26)25-11-7-10-16-8-5-4-6-9-16/h4-6,8-9,12-14H,3,7,10-11H2,1-2H3,(H,25,26)/b18-12-. The number of halogens is 1. The molecule has 0 saturated heterocycles. The highest BCUT2D eigenvalue weighted by atomic mass is 35.5. The number of carbonyl (C=O) groups is 1. The number of hydrogen-bond acceptors (Lipinski definition) is 4. The van der Waals surface area contributed by atoms with Gasteiger partial charge < -0.3 is 14.8 Å². The minimum absolute atomic E-state index is 0.0192. The first kappa shape index (κ1) is 21.3. The molecule has 146 valence electrons. The summed E-state index contributed by atoms with van der Waals surface area (Å²) in [5.41, 5.74) is 1.71. The van der Waals surface area contributed by atoms with Crippen molar-refractivity contribution in [2.24, 2.45) is 0 Å². The zero-order chi connectivity index (χ0) is 20.4. The molecule has 0 atom stereocenters.